The molecule has 0 radical (unpaired) electrons. The van der Waals surface area contributed by atoms with Gasteiger partial charge in [-0.1, -0.05) is 17.7 Å². The van der Waals surface area contributed by atoms with E-state index >= 15 is 0 Å². The molecule has 0 amide bonds. The highest BCUT2D eigenvalue weighted by molar-refractivity contribution is 9.10. The average Bonchev–Trinajstić information content (AvgIpc) is 2.78. The molecule has 0 spiro atoms. The van der Waals surface area contributed by atoms with Crippen LogP contribution in [0.25, 0.3) is 17.0 Å². The summed E-state index contributed by atoms with van der Waals surface area (Å²) >= 11 is 9.03. The van der Waals surface area contributed by atoms with Gasteiger partial charge in [0.1, 0.15) is 5.82 Å². The fraction of sp³-hybridized carbons (Fsp3) is 0. The number of hydrogen-bond acceptors (Lipinski definition) is 3. The molecule has 0 aliphatic carbocycles. The summed E-state index contributed by atoms with van der Waals surface area (Å²) in [5.74, 6) is -0.00663. The zero-order chi connectivity index (χ0) is 12.7. The van der Waals surface area contributed by atoms with Gasteiger partial charge < -0.3 is 0 Å². The maximum atomic E-state index is 14.0. The van der Waals surface area contributed by atoms with Gasteiger partial charge in [-0.25, -0.2) is 9.37 Å². The van der Waals surface area contributed by atoms with Crippen LogP contribution >= 0.6 is 27.5 Å². The molecule has 2 heterocycles. The van der Waals surface area contributed by atoms with Crippen LogP contribution in [0.15, 0.2) is 35.1 Å². The zero-order valence-corrected chi connectivity index (χ0v) is 11.2. The molecule has 0 saturated heterocycles. The lowest BCUT2D eigenvalue weighted by atomic mass is 10.2. The number of fused-ring (bicyclic) bond motifs is 1. The third-order valence-electron chi connectivity index (χ3n) is 2.48. The minimum Gasteiger partial charge on any atom is -0.278 e. The van der Waals surface area contributed by atoms with E-state index in [2.05, 4.69) is 31.1 Å². The molecule has 1 aromatic carbocycles. The van der Waals surface area contributed by atoms with E-state index < -0.39 is 0 Å². The number of hydrogen-bond donors (Lipinski definition) is 0. The highest BCUT2D eigenvalue weighted by Crippen LogP contribution is 2.27. The Morgan fingerprint density at radius 2 is 2.11 bits per heavy atom. The van der Waals surface area contributed by atoms with Crippen molar-refractivity contribution in [3.8, 4) is 11.4 Å². The largest absolute Gasteiger partial charge is 0.278 e. The van der Waals surface area contributed by atoms with Crippen molar-refractivity contribution >= 4 is 33.2 Å². The molecule has 90 valence electrons. The Morgan fingerprint density at radius 1 is 1.28 bits per heavy atom. The molecule has 0 bridgehead atoms. The molecule has 0 unspecified atom stereocenters. The number of benzene rings is 1. The SMILES string of the molecule is Fc1c(Br)cccc1-c1nnc2c(Cl)nccn12. The van der Waals surface area contributed by atoms with Crippen molar-refractivity contribution in [3.63, 3.8) is 0 Å². The minimum atomic E-state index is -0.389. The summed E-state index contributed by atoms with van der Waals surface area (Å²) in [6.45, 7) is 0. The molecule has 0 atom stereocenters. The normalized spacial score (nSPS) is 11.1. The Kier molecular flexibility index (Phi) is 2.76. The predicted octanol–water partition coefficient (Wildman–Crippen LogP) is 3.35. The smallest absolute Gasteiger partial charge is 0.198 e. The van der Waals surface area contributed by atoms with Crippen LogP contribution in [-0.2, 0) is 0 Å². The van der Waals surface area contributed by atoms with Gasteiger partial charge in [0, 0.05) is 12.4 Å². The first-order valence-electron chi connectivity index (χ1n) is 4.98. The van der Waals surface area contributed by atoms with Crippen molar-refractivity contribution in [2.24, 2.45) is 0 Å². The average molecular weight is 328 g/mol. The second kappa shape index (κ2) is 4.29. The number of aromatic nitrogens is 4. The molecule has 4 nitrogen and oxygen atoms in total. The van der Waals surface area contributed by atoms with Gasteiger partial charge in [0.2, 0.25) is 0 Å². The van der Waals surface area contributed by atoms with E-state index in [1.54, 1.807) is 28.8 Å². The lowest BCUT2D eigenvalue weighted by molar-refractivity contribution is 0.623. The maximum absolute atomic E-state index is 14.0. The van der Waals surface area contributed by atoms with Gasteiger partial charge >= 0.3 is 0 Å². The standard InChI is InChI=1S/C11H5BrClFN4/c12-7-3-1-2-6(8(7)14)10-16-17-11-9(13)15-4-5-18(10)11/h1-5H. The summed E-state index contributed by atoms with van der Waals surface area (Å²) in [5, 5.41) is 8.09. The van der Waals surface area contributed by atoms with Crippen LogP contribution < -0.4 is 0 Å². The van der Waals surface area contributed by atoms with Crippen LogP contribution in [0.5, 0.6) is 0 Å². The van der Waals surface area contributed by atoms with Crippen molar-refractivity contribution in [2.45, 2.75) is 0 Å². The van der Waals surface area contributed by atoms with Crippen molar-refractivity contribution in [1.82, 2.24) is 19.6 Å². The topological polar surface area (TPSA) is 43.1 Å². The molecule has 3 rings (SSSR count). The van der Waals surface area contributed by atoms with Crippen LogP contribution in [-0.4, -0.2) is 19.6 Å². The van der Waals surface area contributed by atoms with Gasteiger partial charge in [0.25, 0.3) is 0 Å². The molecule has 3 aromatic rings. The summed E-state index contributed by atoms with van der Waals surface area (Å²) in [4.78, 5) is 3.89. The zero-order valence-electron chi connectivity index (χ0n) is 8.81. The summed E-state index contributed by atoms with van der Waals surface area (Å²) in [5.41, 5.74) is 0.743. The van der Waals surface area contributed by atoms with E-state index in [1.807, 2.05) is 0 Å². The summed E-state index contributed by atoms with van der Waals surface area (Å²) in [7, 11) is 0. The van der Waals surface area contributed by atoms with E-state index in [4.69, 9.17) is 11.6 Å². The van der Waals surface area contributed by atoms with E-state index in [0.717, 1.165) is 0 Å². The monoisotopic (exact) mass is 326 g/mol. The lowest BCUT2D eigenvalue weighted by Crippen LogP contribution is -1.93. The highest BCUT2D eigenvalue weighted by Gasteiger charge is 2.15. The highest BCUT2D eigenvalue weighted by atomic mass is 79.9. The van der Waals surface area contributed by atoms with Gasteiger partial charge in [-0.05, 0) is 28.1 Å². The number of nitrogens with zero attached hydrogens (tertiary/aromatic N) is 4. The maximum Gasteiger partial charge on any atom is 0.198 e. The van der Waals surface area contributed by atoms with Crippen LogP contribution in [0.3, 0.4) is 0 Å². The van der Waals surface area contributed by atoms with Crippen molar-refractivity contribution in [2.75, 3.05) is 0 Å². The molecule has 7 heteroatoms. The Bertz CT molecular complexity index is 743. The number of halogens is 3. The fourth-order valence-electron chi connectivity index (χ4n) is 1.66. The second-order valence-corrected chi connectivity index (χ2v) is 4.75. The second-order valence-electron chi connectivity index (χ2n) is 3.54. The number of rotatable bonds is 1. The molecule has 0 aliphatic heterocycles. The van der Waals surface area contributed by atoms with E-state index in [9.17, 15) is 4.39 Å². The first kappa shape index (κ1) is 11.6. The van der Waals surface area contributed by atoms with E-state index in [1.165, 1.54) is 6.20 Å². The summed E-state index contributed by atoms with van der Waals surface area (Å²) in [6.07, 6.45) is 3.15. The summed E-state index contributed by atoms with van der Waals surface area (Å²) in [6, 6.07) is 4.98. The molecular formula is C11H5BrClFN4. The Hall–Kier alpha value is -1.53. The molecule has 0 aliphatic rings. The van der Waals surface area contributed by atoms with Crippen LogP contribution in [0.4, 0.5) is 4.39 Å². The molecule has 2 aromatic heterocycles. The van der Waals surface area contributed by atoms with Crippen molar-refractivity contribution < 1.29 is 4.39 Å². The molecular weight excluding hydrogens is 323 g/mol. The first-order chi connectivity index (χ1) is 8.68. The Balaban J connectivity index is 2.33. The minimum absolute atomic E-state index is 0.228. The summed E-state index contributed by atoms with van der Waals surface area (Å²) < 4.78 is 16.0. The first-order valence-corrected chi connectivity index (χ1v) is 6.15. The van der Waals surface area contributed by atoms with Gasteiger partial charge in [-0.2, -0.15) is 0 Å². The van der Waals surface area contributed by atoms with Crippen LogP contribution in [0.2, 0.25) is 5.15 Å². The molecule has 0 saturated carbocycles. The van der Waals surface area contributed by atoms with Crippen molar-refractivity contribution in [1.29, 1.82) is 0 Å². The molecule has 18 heavy (non-hydrogen) atoms. The third-order valence-corrected chi connectivity index (χ3v) is 3.36. The van der Waals surface area contributed by atoms with Gasteiger partial charge in [0.15, 0.2) is 16.6 Å². The van der Waals surface area contributed by atoms with Crippen LogP contribution in [0.1, 0.15) is 0 Å². The molecule has 0 fully saturated rings. The Morgan fingerprint density at radius 3 is 2.94 bits per heavy atom. The predicted molar refractivity (Wildman–Crippen MR) is 68.9 cm³/mol. The van der Waals surface area contributed by atoms with Gasteiger partial charge in [-0.15, -0.1) is 10.2 Å². The van der Waals surface area contributed by atoms with Gasteiger partial charge in [-0.3, -0.25) is 4.40 Å². The van der Waals surface area contributed by atoms with Crippen molar-refractivity contribution in [3.05, 3.63) is 46.0 Å². The lowest BCUT2D eigenvalue weighted by Gasteiger charge is -2.03. The van der Waals surface area contributed by atoms with Crippen LogP contribution in [0, 0.1) is 5.82 Å². The molecule has 0 N–H and O–H groups in total. The fourth-order valence-corrected chi connectivity index (χ4v) is 2.21. The Labute approximate surface area is 115 Å². The van der Waals surface area contributed by atoms with Gasteiger partial charge in [0.05, 0.1) is 10.0 Å². The van der Waals surface area contributed by atoms with E-state index in [-0.39, 0.29) is 11.0 Å². The quantitative estimate of drug-likeness (QED) is 0.688. The third kappa shape index (κ3) is 1.69. The van der Waals surface area contributed by atoms with E-state index in [0.29, 0.717) is 21.5 Å².